The zero-order valence-electron chi connectivity index (χ0n) is 6.22. The molecule has 0 aliphatic rings. The zero-order valence-corrected chi connectivity index (χ0v) is 7.93. The van der Waals surface area contributed by atoms with Crippen molar-refractivity contribution in [2.75, 3.05) is 0 Å². The minimum absolute atomic E-state index is 0.182. The van der Waals surface area contributed by atoms with Crippen LogP contribution in [-0.2, 0) is 21.3 Å². The molecule has 0 fully saturated rings. The first-order valence-electron chi connectivity index (χ1n) is 3.15. The minimum atomic E-state index is -3.90. The molecule has 0 amide bonds. The summed E-state index contributed by atoms with van der Waals surface area (Å²) in [6.45, 7) is -3.90. The second-order valence-corrected chi connectivity index (χ2v) is 4.68. The standard InChI is InChI=1S/C6H5F2O3PS/c7-10-12(13,11-8)9-6-4-2-1-3-5-6/h1-5H. The summed E-state index contributed by atoms with van der Waals surface area (Å²) in [6, 6.07) is 7.89. The molecule has 0 saturated carbocycles. The highest BCUT2D eigenvalue weighted by Crippen LogP contribution is 2.50. The molecular weight excluding hydrogens is 221 g/mol. The summed E-state index contributed by atoms with van der Waals surface area (Å²) < 4.78 is 34.2. The van der Waals surface area contributed by atoms with Crippen molar-refractivity contribution in [2.45, 2.75) is 0 Å². The van der Waals surface area contributed by atoms with Gasteiger partial charge in [-0.3, -0.25) is 0 Å². The molecule has 72 valence electrons. The van der Waals surface area contributed by atoms with Crippen molar-refractivity contribution in [3.8, 4) is 5.75 Å². The molecule has 0 heterocycles. The monoisotopic (exact) mass is 226 g/mol. The Balaban J connectivity index is 2.74. The largest absolute Gasteiger partial charge is 0.444 e. The van der Waals surface area contributed by atoms with Gasteiger partial charge in [-0.1, -0.05) is 27.7 Å². The Kier molecular flexibility index (Phi) is 3.74. The van der Waals surface area contributed by atoms with Gasteiger partial charge in [-0.25, -0.2) is 0 Å². The molecule has 0 saturated heterocycles. The third kappa shape index (κ3) is 3.00. The molecule has 0 atom stereocenters. The summed E-state index contributed by atoms with van der Waals surface area (Å²) in [4.78, 5) is 0. The van der Waals surface area contributed by atoms with E-state index in [0.29, 0.717) is 0 Å². The van der Waals surface area contributed by atoms with Crippen molar-refractivity contribution in [3.05, 3.63) is 30.3 Å². The molecule has 0 spiro atoms. The molecule has 1 aromatic carbocycles. The van der Waals surface area contributed by atoms with Gasteiger partial charge in [0.2, 0.25) is 0 Å². The van der Waals surface area contributed by atoms with E-state index in [9.17, 15) is 9.05 Å². The Morgan fingerprint density at radius 1 is 1.08 bits per heavy atom. The second kappa shape index (κ2) is 4.62. The van der Waals surface area contributed by atoms with Gasteiger partial charge in [-0.15, -0.1) is 0 Å². The summed E-state index contributed by atoms with van der Waals surface area (Å²) in [7, 11) is 0. The fourth-order valence-corrected chi connectivity index (χ4v) is 1.37. The van der Waals surface area contributed by atoms with Crippen molar-refractivity contribution in [1.29, 1.82) is 0 Å². The molecule has 7 heteroatoms. The van der Waals surface area contributed by atoms with Crippen LogP contribution in [0.1, 0.15) is 0 Å². The second-order valence-electron chi connectivity index (χ2n) is 1.99. The van der Waals surface area contributed by atoms with Gasteiger partial charge in [0.1, 0.15) is 5.75 Å². The van der Waals surface area contributed by atoms with Gasteiger partial charge in [-0.05, 0) is 21.2 Å². The topological polar surface area (TPSA) is 27.7 Å². The van der Waals surface area contributed by atoms with Crippen LogP contribution in [0.25, 0.3) is 0 Å². The van der Waals surface area contributed by atoms with Gasteiger partial charge in [-0.2, -0.15) is 0 Å². The van der Waals surface area contributed by atoms with Crippen molar-refractivity contribution >= 4 is 18.5 Å². The van der Waals surface area contributed by atoms with Crippen LogP contribution in [-0.4, -0.2) is 0 Å². The van der Waals surface area contributed by atoms with Gasteiger partial charge < -0.3 is 4.52 Å². The lowest BCUT2D eigenvalue weighted by atomic mass is 10.3. The first kappa shape index (κ1) is 10.5. The van der Waals surface area contributed by atoms with E-state index in [0.717, 1.165) is 0 Å². The van der Waals surface area contributed by atoms with Crippen molar-refractivity contribution in [2.24, 2.45) is 0 Å². The summed E-state index contributed by atoms with van der Waals surface area (Å²) >= 11 is 4.28. The summed E-state index contributed by atoms with van der Waals surface area (Å²) in [6.07, 6.45) is 0. The Bertz CT molecular complexity index is 300. The first-order chi connectivity index (χ1) is 6.20. The average Bonchev–Trinajstić information content (AvgIpc) is 2.19. The Hall–Kier alpha value is -0.550. The van der Waals surface area contributed by atoms with Crippen molar-refractivity contribution in [3.63, 3.8) is 0 Å². The Morgan fingerprint density at radius 2 is 1.62 bits per heavy atom. The third-order valence-corrected chi connectivity index (χ3v) is 2.46. The van der Waals surface area contributed by atoms with E-state index in [4.69, 9.17) is 0 Å². The SMILES string of the molecule is FOP(=S)(OF)Oc1ccccc1. The van der Waals surface area contributed by atoms with Gasteiger partial charge in [0, 0.05) is 11.8 Å². The number of para-hydroxylation sites is 1. The number of halogens is 2. The van der Waals surface area contributed by atoms with E-state index < -0.39 is 6.72 Å². The minimum Gasteiger partial charge on any atom is -0.421 e. The maximum absolute atomic E-state index is 11.7. The summed E-state index contributed by atoms with van der Waals surface area (Å²) in [5.74, 6) is 0.182. The molecule has 13 heavy (non-hydrogen) atoms. The fraction of sp³-hybridized carbons (Fsp3) is 0. The van der Waals surface area contributed by atoms with Crippen molar-refractivity contribution in [1.82, 2.24) is 0 Å². The summed E-state index contributed by atoms with van der Waals surface area (Å²) in [5, 5.41) is 0. The molecule has 0 unspecified atom stereocenters. The van der Waals surface area contributed by atoms with E-state index in [1.165, 1.54) is 12.1 Å². The summed E-state index contributed by atoms with van der Waals surface area (Å²) in [5.41, 5.74) is 0. The maximum atomic E-state index is 11.7. The lowest BCUT2D eigenvalue weighted by molar-refractivity contribution is -0.0879. The normalized spacial score (nSPS) is 11.2. The first-order valence-corrected chi connectivity index (χ1v) is 5.71. The van der Waals surface area contributed by atoms with E-state index in [1.807, 2.05) is 0 Å². The van der Waals surface area contributed by atoms with E-state index in [-0.39, 0.29) is 5.75 Å². The van der Waals surface area contributed by atoms with E-state index >= 15 is 0 Å². The predicted octanol–water partition coefficient (Wildman–Crippen LogP) is 3.09. The van der Waals surface area contributed by atoms with Crippen LogP contribution in [0.4, 0.5) is 9.05 Å². The highest BCUT2D eigenvalue weighted by Gasteiger charge is 2.24. The van der Waals surface area contributed by atoms with Gasteiger partial charge in [0.15, 0.2) is 0 Å². The van der Waals surface area contributed by atoms with Crippen LogP contribution in [0.15, 0.2) is 30.3 Å². The van der Waals surface area contributed by atoms with Gasteiger partial charge >= 0.3 is 6.72 Å². The highest BCUT2D eigenvalue weighted by atomic mass is 32.5. The van der Waals surface area contributed by atoms with Crippen LogP contribution in [0.5, 0.6) is 5.75 Å². The molecule has 0 bridgehead atoms. The maximum Gasteiger partial charge on any atom is 0.444 e. The molecular formula is C6H5F2O3PS. The van der Waals surface area contributed by atoms with Gasteiger partial charge in [0.05, 0.1) is 0 Å². The third-order valence-electron chi connectivity index (χ3n) is 1.13. The number of hydrogen-bond donors (Lipinski definition) is 0. The average molecular weight is 226 g/mol. The molecule has 0 aliphatic carbocycles. The van der Waals surface area contributed by atoms with Crippen LogP contribution >= 0.6 is 6.72 Å². The molecule has 0 radical (unpaired) electrons. The predicted molar refractivity (Wildman–Crippen MR) is 45.7 cm³/mol. The lowest BCUT2D eigenvalue weighted by Crippen LogP contribution is -1.92. The van der Waals surface area contributed by atoms with Crippen LogP contribution in [0.2, 0.25) is 0 Å². The van der Waals surface area contributed by atoms with E-state index in [1.54, 1.807) is 18.2 Å². The van der Waals surface area contributed by atoms with Crippen LogP contribution in [0, 0.1) is 0 Å². The Morgan fingerprint density at radius 3 is 2.08 bits per heavy atom. The molecule has 3 nitrogen and oxygen atoms in total. The Labute approximate surface area is 78.3 Å². The lowest BCUT2D eigenvalue weighted by Gasteiger charge is -2.11. The molecule has 0 aromatic heterocycles. The number of hydrogen-bond acceptors (Lipinski definition) is 4. The highest BCUT2D eigenvalue weighted by molar-refractivity contribution is 8.07. The van der Waals surface area contributed by atoms with Gasteiger partial charge in [0.25, 0.3) is 0 Å². The molecule has 0 N–H and O–H groups in total. The smallest absolute Gasteiger partial charge is 0.421 e. The quantitative estimate of drug-likeness (QED) is 0.737. The van der Waals surface area contributed by atoms with Crippen molar-refractivity contribution < 1.29 is 23.0 Å². The van der Waals surface area contributed by atoms with Crippen LogP contribution < -0.4 is 4.52 Å². The zero-order chi connectivity index (χ0) is 9.73. The molecule has 1 aromatic rings. The fourth-order valence-electron chi connectivity index (χ4n) is 0.649. The molecule has 0 aliphatic heterocycles. The van der Waals surface area contributed by atoms with Crippen LogP contribution in [0.3, 0.4) is 0 Å². The van der Waals surface area contributed by atoms with E-state index in [2.05, 4.69) is 25.8 Å². The molecule has 1 rings (SSSR count). The number of benzene rings is 1. The number of rotatable bonds is 4.